The molecule has 3 heteroatoms. The first kappa shape index (κ1) is 10.7. The van der Waals surface area contributed by atoms with Gasteiger partial charge in [0.05, 0.1) is 7.11 Å². The second kappa shape index (κ2) is 3.95. The summed E-state index contributed by atoms with van der Waals surface area (Å²) in [6.07, 6.45) is 6.26. The third-order valence-electron chi connectivity index (χ3n) is 4.18. The Kier molecular flexibility index (Phi) is 2.81. The van der Waals surface area contributed by atoms with Crippen LogP contribution in [0.15, 0.2) is 0 Å². The largest absolute Gasteiger partial charge is 0.469 e. The minimum Gasteiger partial charge on any atom is -0.469 e. The predicted octanol–water partition coefficient (Wildman–Crippen LogP) is 2.09. The Morgan fingerprint density at radius 2 is 2.20 bits per heavy atom. The van der Waals surface area contributed by atoms with Gasteiger partial charge >= 0.3 is 5.97 Å². The fourth-order valence-corrected chi connectivity index (χ4v) is 3.38. The average Bonchev–Trinajstić information content (AvgIpc) is 2.78. The first-order chi connectivity index (χ1) is 7.19. The van der Waals surface area contributed by atoms with E-state index in [4.69, 9.17) is 4.74 Å². The molecule has 0 aromatic carbocycles. The van der Waals surface area contributed by atoms with Crippen molar-refractivity contribution in [1.29, 1.82) is 0 Å². The van der Waals surface area contributed by atoms with E-state index in [2.05, 4.69) is 0 Å². The lowest BCUT2D eigenvalue weighted by atomic mass is 9.74. The van der Waals surface area contributed by atoms with Crippen molar-refractivity contribution in [2.45, 2.75) is 44.9 Å². The van der Waals surface area contributed by atoms with E-state index in [1.165, 1.54) is 7.11 Å². The molecule has 15 heavy (non-hydrogen) atoms. The van der Waals surface area contributed by atoms with Gasteiger partial charge in [-0.25, -0.2) is 0 Å². The van der Waals surface area contributed by atoms with Gasteiger partial charge in [-0.05, 0) is 31.6 Å². The van der Waals surface area contributed by atoms with E-state index in [0.29, 0.717) is 12.2 Å². The highest BCUT2D eigenvalue weighted by molar-refractivity contribution is 5.88. The molecule has 2 aliphatic rings. The zero-order valence-electron chi connectivity index (χ0n) is 9.25. The van der Waals surface area contributed by atoms with E-state index in [9.17, 15) is 9.59 Å². The summed E-state index contributed by atoms with van der Waals surface area (Å²) in [5.41, 5.74) is -0.145. The van der Waals surface area contributed by atoms with Crippen LogP contribution in [0.2, 0.25) is 0 Å². The van der Waals surface area contributed by atoms with Crippen molar-refractivity contribution in [3.05, 3.63) is 0 Å². The Bertz CT molecular complexity index is 281. The standard InChI is InChI=1S/C12H18O3/c1-15-11(14)8-9-4-2-6-12(9)7-3-5-10(12)13/h9H,2-8H2,1H3/t9?,12-/m0/s1. The lowest BCUT2D eigenvalue weighted by Gasteiger charge is -2.28. The normalized spacial score (nSPS) is 35.0. The molecule has 1 spiro atoms. The Morgan fingerprint density at radius 3 is 2.80 bits per heavy atom. The molecule has 0 heterocycles. The van der Waals surface area contributed by atoms with Gasteiger partial charge in [0.15, 0.2) is 0 Å². The van der Waals surface area contributed by atoms with Gasteiger partial charge in [0.25, 0.3) is 0 Å². The molecular formula is C12H18O3. The number of hydrogen-bond donors (Lipinski definition) is 0. The number of carbonyl (C=O) groups is 2. The van der Waals surface area contributed by atoms with Crippen LogP contribution in [0, 0.1) is 11.3 Å². The Hall–Kier alpha value is -0.860. The summed E-state index contributed by atoms with van der Waals surface area (Å²) in [6, 6.07) is 0. The maximum atomic E-state index is 11.9. The van der Waals surface area contributed by atoms with Crippen molar-refractivity contribution in [1.82, 2.24) is 0 Å². The molecule has 0 aromatic rings. The van der Waals surface area contributed by atoms with E-state index >= 15 is 0 Å². The smallest absolute Gasteiger partial charge is 0.305 e. The van der Waals surface area contributed by atoms with Crippen LogP contribution in [0.3, 0.4) is 0 Å². The molecule has 2 fully saturated rings. The lowest BCUT2D eigenvalue weighted by molar-refractivity contribution is -0.143. The first-order valence-corrected chi connectivity index (χ1v) is 5.79. The molecule has 0 saturated heterocycles. The van der Waals surface area contributed by atoms with Crippen LogP contribution in [0.4, 0.5) is 0 Å². The Balaban J connectivity index is 2.10. The van der Waals surface area contributed by atoms with Gasteiger partial charge in [-0.2, -0.15) is 0 Å². The first-order valence-electron chi connectivity index (χ1n) is 5.79. The number of carbonyl (C=O) groups excluding carboxylic acids is 2. The second-order valence-electron chi connectivity index (χ2n) is 4.80. The van der Waals surface area contributed by atoms with E-state index in [0.717, 1.165) is 38.5 Å². The molecule has 0 N–H and O–H groups in total. The molecule has 0 bridgehead atoms. The number of Topliss-reactive ketones (excluding diaryl/α,β-unsaturated/α-hetero) is 1. The minimum absolute atomic E-state index is 0.145. The quantitative estimate of drug-likeness (QED) is 0.655. The van der Waals surface area contributed by atoms with Crippen molar-refractivity contribution >= 4 is 11.8 Å². The number of ketones is 1. The van der Waals surface area contributed by atoms with Gasteiger partial charge in [0, 0.05) is 18.3 Å². The number of methoxy groups -OCH3 is 1. The van der Waals surface area contributed by atoms with Gasteiger partial charge in [-0.1, -0.05) is 6.42 Å². The van der Waals surface area contributed by atoms with Gasteiger partial charge in [-0.3, -0.25) is 9.59 Å². The minimum atomic E-state index is -0.166. The summed E-state index contributed by atoms with van der Waals surface area (Å²) in [7, 11) is 1.42. The highest BCUT2D eigenvalue weighted by atomic mass is 16.5. The number of rotatable bonds is 2. The summed E-state index contributed by atoms with van der Waals surface area (Å²) >= 11 is 0. The molecule has 0 aliphatic heterocycles. The molecular weight excluding hydrogens is 192 g/mol. The van der Waals surface area contributed by atoms with Crippen LogP contribution < -0.4 is 0 Å². The molecule has 0 radical (unpaired) electrons. The molecule has 2 saturated carbocycles. The van der Waals surface area contributed by atoms with E-state index in [1.54, 1.807) is 0 Å². The molecule has 0 aromatic heterocycles. The van der Waals surface area contributed by atoms with Crippen molar-refractivity contribution in [2.24, 2.45) is 11.3 Å². The second-order valence-corrected chi connectivity index (χ2v) is 4.80. The van der Waals surface area contributed by atoms with E-state index < -0.39 is 0 Å². The van der Waals surface area contributed by atoms with Crippen LogP contribution in [0.25, 0.3) is 0 Å². The molecule has 2 aliphatic carbocycles. The molecule has 2 atom stereocenters. The highest BCUT2D eigenvalue weighted by Crippen LogP contribution is 2.53. The Morgan fingerprint density at radius 1 is 1.47 bits per heavy atom. The molecule has 1 unspecified atom stereocenters. The monoisotopic (exact) mass is 210 g/mol. The predicted molar refractivity (Wildman–Crippen MR) is 55.3 cm³/mol. The SMILES string of the molecule is COC(=O)CC1CCC[C@]12CCCC2=O. The van der Waals surface area contributed by atoms with Crippen LogP contribution >= 0.6 is 0 Å². The van der Waals surface area contributed by atoms with Crippen LogP contribution in [0.1, 0.15) is 44.9 Å². The third-order valence-corrected chi connectivity index (χ3v) is 4.18. The van der Waals surface area contributed by atoms with Gasteiger partial charge in [0.2, 0.25) is 0 Å². The summed E-state index contributed by atoms with van der Waals surface area (Å²) in [5.74, 6) is 0.481. The van der Waals surface area contributed by atoms with Crippen molar-refractivity contribution < 1.29 is 14.3 Å². The molecule has 84 valence electrons. The van der Waals surface area contributed by atoms with E-state index in [-0.39, 0.29) is 17.3 Å². The maximum Gasteiger partial charge on any atom is 0.305 e. The molecule has 3 nitrogen and oxygen atoms in total. The van der Waals surface area contributed by atoms with Crippen molar-refractivity contribution in [3.8, 4) is 0 Å². The number of ether oxygens (including phenoxy) is 1. The van der Waals surface area contributed by atoms with Crippen molar-refractivity contribution in [3.63, 3.8) is 0 Å². The fourth-order valence-electron chi connectivity index (χ4n) is 3.38. The third kappa shape index (κ3) is 1.68. The van der Waals surface area contributed by atoms with Crippen molar-refractivity contribution in [2.75, 3.05) is 7.11 Å². The van der Waals surface area contributed by atoms with Gasteiger partial charge in [0.1, 0.15) is 5.78 Å². The topological polar surface area (TPSA) is 43.4 Å². The van der Waals surface area contributed by atoms with Crippen LogP contribution in [0.5, 0.6) is 0 Å². The fraction of sp³-hybridized carbons (Fsp3) is 0.833. The summed E-state index contributed by atoms with van der Waals surface area (Å²) in [5, 5.41) is 0. The lowest BCUT2D eigenvalue weighted by Crippen LogP contribution is -2.31. The molecule has 2 rings (SSSR count). The van der Waals surface area contributed by atoms with Crippen LogP contribution in [-0.4, -0.2) is 18.9 Å². The van der Waals surface area contributed by atoms with E-state index in [1.807, 2.05) is 0 Å². The summed E-state index contributed by atoms with van der Waals surface area (Å²) < 4.78 is 4.70. The van der Waals surface area contributed by atoms with Gasteiger partial charge in [-0.15, -0.1) is 0 Å². The zero-order valence-corrected chi connectivity index (χ0v) is 9.25. The summed E-state index contributed by atoms with van der Waals surface area (Å²) in [4.78, 5) is 23.2. The maximum absolute atomic E-state index is 11.9. The van der Waals surface area contributed by atoms with Crippen LogP contribution in [-0.2, 0) is 14.3 Å². The Labute approximate surface area is 90.2 Å². The zero-order chi connectivity index (χ0) is 10.9. The average molecular weight is 210 g/mol. The number of hydrogen-bond acceptors (Lipinski definition) is 3. The number of esters is 1. The highest BCUT2D eigenvalue weighted by Gasteiger charge is 2.50. The summed E-state index contributed by atoms with van der Waals surface area (Å²) in [6.45, 7) is 0. The van der Waals surface area contributed by atoms with Gasteiger partial charge < -0.3 is 4.74 Å². The molecule has 0 amide bonds.